The van der Waals surface area contributed by atoms with E-state index in [1.807, 2.05) is 0 Å². The molecule has 8 N–H and O–H groups in total. The van der Waals surface area contributed by atoms with Crippen LogP contribution in [0.1, 0.15) is 31.8 Å². The molecular formula is C36H26F4N8O4. The van der Waals surface area contributed by atoms with Crippen molar-refractivity contribution in [3.63, 3.8) is 0 Å². The number of aromatic nitrogens is 2. The fourth-order valence-corrected chi connectivity index (χ4v) is 4.80. The minimum Gasteiger partial charge on any atom is -0.397 e. The van der Waals surface area contributed by atoms with E-state index in [0.717, 1.165) is 30.3 Å². The molecule has 0 aliphatic rings. The highest BCUT2D eigenvalue weighted by atomic mass is 19.1. The molecule has 0 radical (unpaired) electrons. The van der Waals surface area contributed by atoms with Crippen LogP contribution in [0, 0.1) is 33.4 Å². The topological polar surface area (TPSA) is 205 Å². The first-order chi connectivity index (χ1) is 24.8. The summed E-state index contributed by atoms with van der Waals surface area (Å²) in [4.78, 5) is 43.3. The van der Waals surface area contributed by atoms with Crippen molar-refractivity contribution in [3.05, 3.63) is 165 Å². The van der Waals surface area contributed by atoms with E-state index in [4.69, 9.17) is 17.2 Å². The number of benzene rings is 4. The van der Waals surface area contributed by atoms with Crippen LogP contribution in [0.3, 0.4) is 0 Å². The molecule has 6 rings (SSSR count). The average Bonchev–Trinajstić information content (AvgIpc) is 3.09. The van der Waals surface area contributed by atoms with Crippen LogP contribution in [-0.4, -0.2) is 26.5 Å². The van der Waals surface area contributed by atoms with Crippen LogP contribution in [0.2, 0.25) is 0 Å². The van der Waals surface area contributed by atoms with Gasteiger partial charge in [0.05, 0.1) is 38.6 Å². The second kappa shape index (κ2) is 15.5. The van der Waals surface area contributed by atoms with Gasteiger partial charge in [0, 0.05) is 6.07 Å². The summed E-state index contributed by atoms with van der Waals surface area (Å²) in [5, 5.41) is 16.7. The van der Waals surface area contributed by atoms with Gasteiger partial charge in [-0.15, -0.1) is 0 Å². The van der Waals surface area contributed by atoms with Crippen molar-refractivity contribution in [3.8, 4) is 0 Å². The van der Waals surface area contributed by atoms with Gasteiger partial charge in [0.1, 0.15) is 52.2 Å². The minimum absolute atomic E-state index is 0.0874. The number of carbonyl (C=O) groups excluding carboxylic acids is 2. The molecule has 2 heterocycles. The maximum Gasteiger partial charge on any atom is 0.292 e. The molecule has 4 aromatic carbocycles. The maximum absolute atomic E-state index is 13.8. The van der Waals surface area contributed by atoms with Gasteiger partial charge in [-0.3, -0.25) is 19.7 Å². The lowest BCUT2D eigenvalue weighted by Crippen LogP contribution is -2.11. The average molecular weight is 711 g/mol. The Bertz CT molecular complexity index is 2300. The third-order valence-electron chi connectivity index (χ3n) is 7.31. The maximum atomic E-state index is 13.8. The number of nitro groups is 1. The quantitative estimate of drug-likeness (QED) is 0.0330. The summed E-state index contributed by atoms with van der Waals surface area (Å²) in [6, 6.07) is 24.6. The Morgan fingerprint density at radius 1 is 0.558 bits per heavy atom. The molecule has 0 unspecified atom stereocenters. The molecule has 0 fully saturated rings. The number of anilines is 7. The van der Waals surface area contributed by atoms with Crippen molar-refractivity contribution in [1.29, 1.82) is 0 Å². The number of halogens is 4. The second-order valence-electron chi connectivity index (χ2n) is 10.7. The summed E-state index contributed by atoms with van der Waals surface area (Å²) in [6.45, 7) is 0. The molecule has 0 aliphatic heterocycles. The lowest BCUT2D eigenvalue weighted by Gasteiger charge is -2.11. The lowest BCUT2D eigenvalue weighted by molar-refractivity contribution is -0.383. The number of carbonyl (C=O) groups is 2. The molecule has 52 heavy (non-hydrogen) atoms. The lowest BCUT2D eigenvalue weighted by atomic mass is 10.0. The van der Waals surface area contributed by atoms with Gasteiger partial charge in [-0.2, -0.15) is 0 Å². The molecular weight excluding hydrogens is 684 g/mol. The Labute approximate surface area is 292 Å². The molecule has 0 bridgehead atoms. The van der Waals surface area contributed by atoms with E-state index in [1.54, 1.807) is 30.3 Å². The highest BCUT2D eigenvalue weighted by Gasteiger charge is 2.23. The number of nitrogens with one attached hydrogen (secondary N) is 2. The van der Waals surface area contributed by atoms with Crippen molar-refractivity contribution >= 4 is 57.6 Å². The van der Waals surface area contributed by atoms with Gasteiger partial charge in [0.15, 0.2) is 0 Å². The third-order valence-corrected chi connectivity index (χ3v) is 7.31. The summed E-state index contributed by atoms with van der Waals surface area (Å²) in [5.74, 6) is -5.69. The summed E-state index contributed by atoms with van der Waals surface area (Å²) in [7, 11) is 0. The van der Waals surface area contributed by atoms with Gasteiger partial charge in [0.25, 0.3) is 5.69 Å². The third kappa shape index (κ3) is 7.92. The molecule has 12 nitrogen and oxygen atoms in total. The number of nitrogen functional groups attached to an aromatic ring is 3. The number of pyridine rings is 2. The number of nitro benzene ring substituents is 1. The summed E-state index contributed by atoms with van der Waals surface area (Å²) >= 11 is 0. The Kier molecular flexibility index (Phi) is 10.7. The Hall–Kier alpha value is -7.36. The fourth-order valence-electron chi connectivity index (χ4n) is 4.80. The van der Waals surface area contributed by atoms with Gasteiger partial charge < -0.3 is 27.8 Å². The van der Waals surface area contributed by atoms with Crippen molar-refractivity contribution in [1.82, 2.24) is 9.97 Å². The van der Waals surface area contributed by atoms with Gasteiger partial charge in [-0.1, -0.05) is 36.4 Å². The van der Waals surface area contributed by atoms with Crippen LogP contribution in [0.15, 0.2) is 109 Å². The highest BCUT2D eigenvalue weighted by Crippen LogP contribution is 2.29. The van der Waals surface area contributed by atoms with E-state index in [9.17, 15) is 37.3 Å². The largest absolute Gasteiger partial charge is 0.397 e. The first-order valence-corrected chi connectivity index (χ1v) is 15.0. The van der Waals surface area contributed by atoms with Crippen molar-refractivity contribution in [2.24, 2.45) is 0 Å². The molecule has 16 heteroatoms. The van der Waals surface area contributed by atoms with Gasteiger partial charge in [0.2, 0.25) is 11.6 Å². The van der Waals surface area contributed by atoms with Gasteiger partial charge in [-0.05, 0) is 66.7 Å². The SMILES string of the molecule is Nc1ccccc1Nc1ccc(C(=O)c2c(F)cccc2F)c(N)n1.Nc1nc(Nc2ccccc2[N+](=O)[O-])ccc1C(=O)c1c(F)cccc1F. The fraction of sp³-hybridized carbons (Fsp3) is 0. The monoisotopic (exact) mass is 710 g/mol. The Balaban J connectivity index is 0.000000202. The van der Waals surface area contributed by atoms with E-state index in [1.165, 1.54) is 48.5 Å². The molecule has 0 saturated carbocycles. The van der Waals surface area contributed by atoms with E-state index in [0.29, 0.717) is 17.2 Å². The summed E-state index contributed by atoms with van der Waals surface area (Å²) in [6.07, 6.45) is 0. The summed E-state index contributed by atoms with van der Waals surface area (Å²) < 4.78 is 55.2. The number of hydrogen-bond acceptors (Lipinski definition) is 11. The van der Waals surface area contributed by atoms with E-state index < -0.39 is 50.9 Å². The molecule has 0 amide bonds. The van der Waals surface area contributed by atoms with Crippen molar-refractivity contribution in [2.45, 2.75) is 0 Å². The van der Waals surface area contributed by atoms with E-state index >= 15 is 0 Å². The predicted molar refractivity (Wildman–Crippen MR) is 187 cm³/mol. The molecule has 6 aromatic rings. The zero-order valence-electron chi connectivity index (χ0n) is 26.6. The first-order valence-electron chi connectivity index (χ1n) is 15.0. The Morgan fingerprint density at radius 2 is 0.962 bits per heavy atom. The summed E-state index contributed by atoms with van der Waals surface area (Å²) in [5.41, 5.74) is 16.9. The first kappa shape index (κ1) is 35.9. The molecule has 2 aromatic heterocycles. The van der Waals surface area contributed by atoms with Crippen LogP contribution in [0.4, 0.5) is 63.6 Å². The predicted octanol–water partition coefficient (Wildman–Crippen LogP) is 7.32. The van der Waals surface area contributed by atoms with Crippen LogP contribution < -0.4 is 27.8 Å². The van der Waals surface area contributed by atoms with Crippen LogP contribution >= 0.6 is 0 Å². The number of rotatable bonds is 9. The molecule has 0 spiro atoms. The standard InChI is InChI=1S/C18H12F2N4O3.C18H14F2N4O/c19-11-4-3-5-12(20)16(11)17(25)10-8-9-15(23-18(10)21)22-13-6-1-2-7-14(13)24(26)27;19-11-4-3-5-12(20)16(11)17(25)10-8-9-15(24-18(10)22)23-14-7-2-1-6-13(14)21/h1-9H,(H3,21,22,23);1-9H,21H2,(H3,22,23,24). The number of hydrogen-bond donors (Lipinski definition) is 5. The number of ketones is 2. The second-order valence-corrected chi connectivity index (χ2v) is 10.7. The van der Waals surface area contributed by atoms with E-state index in [2.05, 4.69) is 20.6 Å². The van der Waals surface area contributed by atoms with Crippen LogP contribution in [-0.2, 0) is 0 Å². The Morgan fingerprint density at radius 3 is 1.38 bits per heavy atom. The number of para-hydroxylation sites is 4. The number of nitrogens with two attached hydrogens (primary N) is 3. The van der Waals surface area contributed by atoms with Gasteiger partial charge >= 0.3 is 0 Å². The molecule has 0 saturated heterocycles. The van der Waals surface area contributed by atoms with Crippen LogP contribution in [0.25, 0.3) is 0 Å². The smallest absolute Gasteiger partial charge is 0.292 e. The van der Waals surface area contributed by atoms with Crippen LogP contribution in [0.5, 0.6) is 0 Å². The highest BCUT2D eigenvalue weighted by molar-refractivity contribution is 6.12. The normalized spacial score (nSPS) is 10.5. The van der Waals surface area contributed by atoms with Gasteiger partial charge in [-0.25, -0.2) is 27.5 Å². The zero-order valence-corrected chi connectivity index (χ0v) is 26.6. The molecule has 0 aliphatic carbocycles. The number of nitrogens with zero attached hydrogens (tertiary/aromatic N) is 3. The zero-order chi connectivity index (χ0) is 37.5. The van der Waals surface area contributed by atoms with Crippen molar-refractivity contribution < 1.29 is 32.1 Å². The van der Waals surface area contributed by atoms with Crippen molar-refractivity contribution in [2.75, 3.05) is 27.8 Å². The van der Waals surface area contributed by atoms with E-state index in [-0.39, 0.29) is 40.0 Å². The molecule has 262 valence electrons. The minimum atomic E-state index is -1.01. The molecule has 0 atom stereocenters.